The Kier molecular flexibility index (Phi) is 2.70. The van der Waals surface area contributed by atoms with Crippen LogP contribution in [-0.4, -0.2) is 35.2 Å². The van der Waals surface area contributed by atoms with Gasteiger partial charge in [-0.2, -0.15) is 0 Å². The Bertz CT molecular complexity index is 371. The smallest absolute Gasteiger partial charge is 0.0738 e. The van der Waals surface area contributed by atoms with Gasteiger partial charge in [0.05, 0.1) is 6.10 Å². The SMILES string of the molecule is O[C@@H]1Cc2ccccc2C[C@H]1N1CCCC1. The summed E-state index contributed by atoms with van der Waals surface area (Å²) >= 11 is 0. The zero-order chi connectivity index (χ0) is 11.0. The Balaban J connectivity index is 1.83. The zero-order valence-corrected chi connectivity index (χ0v) is 9.60. The van der Waals surface area contributed by atoms with Crippen LogP contribution in [0.3, 0.4) is 0 Å². The van der Waals surface area contributed by atoms with Crippen molar-refractivity contribution >= 4 is 0 Å². The number of aliphatic hydroxyl groups excluding tert-OH is 1. The van der Waals surface area contributed by atoms with E-state index in [0.29, 0.717) is 6.04 Å². The van der Waals surface area contributed by atoms with Crippen LogP contribution in [0.1, 0.15) is 24.0 Å². The first-order chi connectivity index (χ1) is 7.84. The van der Waals surface area contributed by atoms with Crippen molar-refractivity contribution in [2.75, 3.05) is 13.1 Å². The number of likely N-dealkylation sites (tertiary alicyclic amines) is 1. The van der Waals surface area contributed by atoms with Crippen LogP contribution in [0.4, 0.5) is 0 Å². The van der Waals surface area contributed by atoms with Gasteiger partial charge in [-0.15, -0.1) is 0 Å². The maximum Gasteiger partial charge on any atom is 0.0738 e. The molecule has 2 nitrogen and oxygen atoms in total. The van der Waals surface area contributed by atoms with Crippen molar-refractivity contribution < 1.29 is 5.11 Å². The van der Waals surface area contributed by atoms with E-state index in [-0.39, 0.29) is 6.10 Å². The summed E-state index contributed by atoms with van der Waals surface area (Å²) in [6, 6.07) is 8.90. The lowest BCUT2D eigenvalue weighted by Crippen LogP contribution is -2.47. The maximum atomic E-state index is 10.2. The Labute approximate surface area is 96.9 Å². The topological polar surface area (TPSA) is 23.5 Å². The van der Waals surface area contributed by atoms with E-state index in [1.807, 2.05) is 0 Å². The number of hydrogen-bond acceptors (Lipinski definition) is 2. The summed E-state index contributed by atoms with van der Waals surface area (Å²) < 4.78 is 0. The average Bonchev–Trinajstić information content (AvgIpc) is 2.81. The quantitative estimate of drug-likeness (QED) is 0.772. The first-order valence-corrected chi connectivity index (χ1v) is 6.33. The Morgan fingerprint density at radius 2 is 1.62 bits per heavy atom. The predicted molar refractivity (Wildman–Crippen MR) is 64.5 cm³/mol. The molecule has 1 aromatic rings. The van der Waals surface area contributed by atoms with Gasteiger partial charge in [-0.25, -0.2) is 0 Å². The minimum absolute atomic E-state index is 0.173. The lowest BCUT2D eigenvalue weighted by molar-refractivity contribution is 0.0554. The van der Waals surface area contributed by atoms with Gasteiger partial charge in [0.2, 0.25) is 0 Å². The monoisotopic (exact) mass is 217 g/mol. The van der Waals surface area contributed by atoms with E-state index in [9.17, 15) is 5.11 Å². The average molecular weight is 217 g/mol. The molecule has 2 heteroatoms. The van der Waals surface area contributed by atoms with Gasteiger partial charge < -0.3 is 5.11 Å². The highest BCUT2D eigenvalue weighted by molar-refractivity contribution is 5.31. The molecule has 3 rings (SSSR count). The number of benzene rings is 1. The molecular formula is C14H19NO. The highest BCUT2D eigenvalue weighted by Crippen LogP contribution is 2.26. The van der Waals surface area contributed by atoms with Crippen LogP contribution in [0.25, 0.3) is 0 Å². The molecule has 0 bridgehead atoms. The van der Waals surface area contributed by atoms with Crippen LogP contribution in [0, 0.1) is 0 Å². The largest absolute Gasteiger partial charge is 0.391 e. The molecule has 1 N–H and O–H groups in total. The molecule has 2 aliphatic rings. The molecule has 1 saturated heterocycles. The highest BCUT2D eigenvalue weighted by atomic mass is 16.3. The molecular weight excluding hydrogens is 198 g/mol. The Morgan fingerprint density at radius 3 is 2.31 bits per heavy atom. The molecule has 0 radical (unpaired) electrons. The number of fused-ring (bicyclic) bond motifs is 1. The van der Waals surface area contributed by atoms with Gasteiger partial charge >= 0.3 is 0 Å². The zero-order valence-electron chi connectivity index (χ0n) is 9.60. The highest BCUT2D eigenvalue weighted by Gasteiger charge is 2.32. The van der Waals surface area contributed by atoms with Crippen LogP contribution in [0.2, 0.25) is 0 Å². The molecule has 0 spiro atoms. The molecule has 1 aromatic carbocycles. The lowest BCUT2D eigenvalue weighted by atomic mass is 9.85. The fraction of sp³-hybridized carbons (Fsp3) is 0.571. The number of aliphatic hydroxyl groups is 1. The first kappa shape index (κ1) is 10.3. The third-order valence-electron chi connectivity index (χ3n) is 4.03. The van der Waals surface area contributed by atoms with Gasteiger partial charge in [0, 0.05) is 12.5 Å². The van der Waals surface area contributed by atoms with Crippen molar-refractivity contribution in [3.63, 3.8) is 0 Å². The van der Waals surface area contributed by atoms with E-state index in [4.69, 9.17) is 0 Å². The van der Waals surface area contributed by atoms with Crippen molar-refractivity contribution in [3.05, 3.63) is 35.4 Å². The lowest BCUT2D eigenvalue weighted by Gasteiger charge is -2.36. The maximum absolute atomic E-state index is 10.2. The van der Waals surface area contributed by atoms with Crippen LogP contribution in [0.15, 0.2) is 24.3 Å². The van der Waals surface area contributed by atoms with Gasteiger partial charge in [0.1, 0.15) is 0 Å². The van der Waals surface area contributed by atoms with Gasteiger partial charge in [0.25, 0.3) is 0 Å². The second-order valence-corrected chi connectivity index (χ2v) is 5.05. The van der Waals surface area contributed by atoms with E-state index in [0.717, 1.165) is 12.8 Å². The predicted octanol–water partition coefficient (Wildman–Crippen LogP) is 1.61. The molecule has 1 heterocycles. The molecule has 0 saturated carbocycles. The molecule has 0 amide bonds. The summed E-state index contributed by atoms with van der Waals surface area (Å²) in [6.45, 7) is 2.34. The summed E-state index contributed by atoms with van der Waals surface area (Å²) in [4.78, 5) is 2.47. The van der Waals surface area contributed by atoms with Crippen LogP contribution < -0.4 is 0 Å². The fourth-order valence-corrected chi connectivity index (χ4v) is 3.12. The van der Waals surface area contributed by atoms with Gasteiger partial charge in [-0.3, -0.25) is 4.90 Å². The van der Waals surface area contributed by atoms with Crippen LogP contribution in [-0.2, 0) is 12.8 Å². The van der Waals surface area contributed by atoms with E-state index in [2.05, 4.69) is 29.2 Å². The number of hydrogen-bond donors (Lipinski definition) is 1. The second-order valence-electron chi connectivity index (χ2n) is 5.05. The van der Waals surface area contributed by atoms with Crippen molar-refractivity contribution in [2.24, 2.45) is 0 Å². The standard InChI is InChI=1S/C14H19NO/c16-14-10-12-6-2-1-5-11(12)9-13(14)15-7-3-4-8-15/h1-2,5-6,13-14,16H,3-4,7-10H2/t13-,14-/m1/s1. The number of nitrogens with zero attached hydrogens (tertiary/aromatic N) is 1. The first-order valence-electron chi connectivity index (χ1n) is 6.33. The fourth-order valence-electron chi connectivity index (χ4n) is 3.12. The molecule has 1 fully saturated rings. The normalized spacial score (nSPS) is 30.3. The summed E-state index contributed by atoms with van der Waals surface area (Å²) in [5.74, 6) is 0. The summed E-state index contributed by atoms with van der Waals surface area (Å²) in [7, 11) is 0. The molecule has 2 atom stereocenters. The molecule has 86 valence electrons. The van der Waals surface area contributed by atoms with Crippen molar-refractivity contribution in [3.8, 4) is 0 Å². The van der Waals surface area contributed by atoms with Gasteiger partial charge in [0.15, 0.2) is 0 Å². The Hall–Kier alpha value is -0.860. The van der Waals surface area contributed by atoms with E-state index >= 15 is 0 Å². The van der Waals surface area contributed by atoms with E-state index in [1.54, 1.807) is 0 Å². The summed E-state index contributed by atoms with van der Waals surface area (Å²) in [5, 5.41) is 10.2. The van der Waals surface area contributed by atoms with Crippen molar-refractivity contribution in [2.45, 2.75) is 37.8 Å². The van der Waals surface area contributed by atoms with Crippen LogP contribution in [0.5, 0.6) is 0 Å². The third-order valence-corrected chi connectivity index (χ3v) is 4.03. The summed E-state index contributed by atoms with van der Waals surface area (Å²) in [5.41, 5.74) is 2.77. The van der Waals surface area contributed by atoms with Crippen LogP contribution >= 0.6 is 0 Å². The molecule has 1 aliphatic heterocycles. The van der Waals surface area contributed by atoms with E-state index < -0.39 is 0 Å². The molecule has 0 unspecified atom stereocenters. The van der Waals surface area contributed by atoms with Gasteiger partial charge in [-0.05, 0) is 43.5 Å². The minimum atomic E-state index is -0.173. The second kappa shape index (κ2) is 4.19. The van der Waals surface area contributed by atoms with E-state index in [1.165, 1.54) is 37.1 Å². The molecule has 0 aromatic heterocycles. The van der Waals surface area contributed by atoms with Gasteiger partial charge in [-0.1, -0.05) is 24.3 Å². The minimum Gasteiger partial charge on any atom is -0.391 e. The number of rotatable bonds is 1. The van der Waals surface area contributed by atoms with Crippen molar-refractivity contribution in [1.82, 2.24) is 4.90 Å². The Morgan fingerprint density at radius 1 is 1.00 bits per heavy atom. The third kappa shape index (κ3) is 1.76. The molecule has 16 heavy (non-hydrogen) atoms. The summed E-state index contributed by atoms with van der Waals surface area (Å²) in [6.07, 6.45) is 4.28. The molecule has 1 aliphatic carbocycles. The van der Waals surface area contributed by atoms with Crippen molar-refractivity contribution in [1.29, 1.82) is 0 Å².